The first kappa shape index (κ1) is 21.9. The highest BCUT2D eigenvalue weighted by atomic mass is 35.5. The lowest BCUT2D eigenvalue weighted by atomic mass is 9.73. The summed E-state index contributed by atoms with van der Waals surface area (Å²) in [7, 11) is 0. The molecule has 6 N–H and O–H groups in total. The molecule has 1 spiro atoms. The van der Waals surface area contributed by atoms with Crippen LogP contribution >= 0.6 is 23.2 Å². The molecule has 0 bridgehead atoms. The molecule has 1 amide bonds. The first-order chi connectivity index (χ1) is 15.8. The molecule has 1 aromatic heterocycles. The van der Waals surface area contributed by atoms with Gasteiger partial charge in [-0.2, -0.15) is 4.98 Å². The molecule has 1 saturated heterocycles. The van der Waals surface area contributed by atoms with E-state index in [9.17, 15) is 4.79 Å². The third kappa shape index (κ3) is 3.60. The maximum absolute atomic E-state index is 12.3. The number of nitrogens with two attached hydrogens (primary N) is 3. The van der Waals surface area contributed by atoms with Crippen molar-refractivity contribution in [3.8, 4) is 11.1 Å². The highest BCUT2D eigenvalue weighted by molar-refractivity contribution is 6.44. The average Bonchev–Trinajstić information content (AvgIpc) is 3.07. The van der Waals surface area contributed by atoms with Crippen LogP contribution in [0.15, 0.2) is 42.5 Å². The van der Waals surface area contributed by atoms with E-state index < -0.39 is 5.91 Å². The number of fused-ring (bicyclic) bond motifs is 1. The van der Waals surface area contributed by atoms with Gasteiger partial charge < -0.3 is 22.1 Å². The number of anilines is 2. The summed E-state index contributed by atoms with van der Waals surface area (Å²) in [4.78, 5) is 23.4. The van der Waals surface area contributed by atoms with Gasteiger partial charge in [-0.15, -0.1) is 0 Å². The molecule has 2 heterocycles. The molecule has 1 atom stereocenters. The third-order valence-electron chi connectivity index (χ3n) is 7.01. The molecule has 33 heavy (non-hydrogen) atoms. The Bertz CT molecular complexity index is 1260. The number of nitrogens with zero attached hydrogens (tertiary/aromatic N) is 3. The Morgan fingerprint density at radius 1 is 1.06 bits per heavy atom. The summed E-state index contributed by atoms with van der Waals surface area (Å²) in [6.45, 7) is 1.41. The molecule has 1 aliphatic heterocycles. The number of amides is 1. The molecular formula is C24H24Cl2N6O. The predicted octanol–water partition coefficient (Wildman–Crippen LogP) is 3.97. The van der Waals surface area contributed by atoms with Crippen LogP contribution in [0.3, 0.4) is 0 Å². The second-order valence-corrected chi connectivity index (χ2v) is 9.59. The smallest absolute Gasteiger partial charge is 0.268 e. The Kier molecular flexibility index (Phi) is 5.43. The molecule has 2 aromatic carbocycles. The summed E-state index contributed by atoms with van der Waals surface area (Å²) < 4.78 is 0. The lowest BCUT2D eigenvalue weighted by Gasteiger charge is -2.42. The van der Waals surface area contributed by atoms with Gasteiger partial charge >= 0.3 is 0 Å². The maximum Gasteiger partial charge on any atom is 0.268 e. The van der Waals surface area contributed by atoms with E-state index in [0.717, 1.165) is 19.3 Å². The highest BCUT2D eigenvalue weighted by Crippen LogP contribution is 2.51. The van der Waals surface area contributed by atoms with Crippen LogP contribution in [0.2, 0.25) is 10.0 Å². The van der Waals surface area contributed by atoms with Crippen LogP contribution in [-0.4, -0.2) is 29.0 Å². The lowest BCUT2D eigenvalue weighted by Crippen LogP contribution is -2.45. The molecule has 9 heteroatoms. The third-order valence-corrected chi connectivity index (χ3v) is 7.83. The summed E-state index contributed by atoms with van der Waals surface area (Å²) >= 11 is 12.5. The second-order valence-electron chi connectivity index (χ2n) is 8.80. The van der Waals surface area contributed by atoms with E-state index in [-0.39, 0.29) is 28.0 Å². The van der Waals surface area contributed by atoms with Gasteiger partial charge in [0.05, 0.1) is 15.6 Å². The summed E-state index contributed by atoms with van der Waals surface area (Å²) in [5, 5.41) is 0.600. The van der Waals surface area contributed by atoms with Crippen LogP contribution in [0.1, 0.15) is 40.5 Å². The van der Waals surface area contributed by atoms with Gasteiger partial charge in [-0.3, -0.25) is 4.79 Å². The monoisotopic (exact) mass is 482 g/mol. The molecule has 170 valence electrons. The Morgan fingerprint density at radius 2 is 1.79 bits per heavy atom. The Morgan fingerprint density at radius 3 is 2.48 bits per heavy atom. The fourth-order valence-electron chi connectivity index (χ4n) is 5.21. The summed E-state index contributed by atoms with van der Waals surface area (Å²) in [6.07, 6.45) is 2.75. The molecule has 3 aromatic rings. The van der Waals surface area contributed by atoms with Crippen molar-refractivity contribution in [2.45, 2.75) is 25.3 Å². The van der Waals surface area contributed by atoms with Crippen LogP contribution in [0, 0.1) is 5.41 Å². The SMILES string of the molecule is NC(=O)c1nc(N2CCC3(CC2)Cc2ccccc2[C@H]3N)nc(N)c1-c1cccc(Cl)c1Cl. The van der Waals surface area contributed by atoms with Gasteiger partial charge in [-0.05, 0) is 41.9 Å². The Hall–Kier alpha value is -2.87. The minimum absolute atomic E-state index is 0.00960. The summed E-state index contributed by atoms with van der Waals surface area (Å²) in [6, 6.07) is 13.5. The number of rotatable bonds is 3. The fraction of sp³-hybridized carbons (Fsp3) is 0.292. The van der Waals surface area contributed by atoms with E-state index in [0.29, 0.717) is 35.2 Å². The van der Waals surface area contributed by atoms with Gasteiger partial charge in [0.25, 0.3) is 5.91 Å². The van der Waals surface area contributed by atoms with Gasteiger partial charge in [0.2, 0.25) is 5.95 Å². The van der Waals surface area contributed by atoms with Crippen LogP contribution in [0.5, 0.6) is 0 Å². The Labute approximate surface area is 201 Å². The van der Waals surface area contributed by atoms with Crippen LogP contribution in [0.4, 0.5) is 11.8 Å². The lowest BCUT2D eigenvalue weighted by molar-refractivity contribution is 0.0996. The van der Waals surface area contributed by atoms with Gasteiger partial charge in [-0.25, -0.2) is 4.98 Å². The summed E-state index contributed by atoms with van der Waals surface area (Å²) in [5.41, 5.74) is 22.0. The van der Waals surface area contributed by atoms with Gasteiger partial charge in [0.15, 0.2) is 0 Å². The van der Waals surface area contributed by atoms with E-state index in [1.807, 2.05) is 11.0 Å². The molecule has 0 radical (unpaired) electrons. The van der Waals surface area contributed by atoms with E-state index in [4.69, 9.17) is 40.4 Å². The minimum Gasteiger partial charge on any atom is -0.383 e. The number of nitrogen functional groups attached to an aromatic ring is 1. The zero-order valence-corrected chi connectivity index (χ0v) is 19.4. The quantitative estimate of drug-likeness (QED) is 0.518. The number of hydrogen-bond acceptors (Lipinski definition) is 6. The molecular weight excluding hydrogens is 459 g/mol. The van der Waals surface area contributed by atoms with Crippen LogP contribution in [0.25, 0.3) is 11.1 Å². The minimum atomic E-state index is -0.710. The molecule has 2 aliphatic rings. The van der Waals surface area contributed by atoms with E-state index in [2.05, 4.69) is 28.2 Å². The number of hydrogen-bond donors (Lipinski definition) is 3. The molecule has 5 rings (SSSR count). The summed E-state index contributed by atoms with van der Waals surface area (Å²) in [5.74, 6) is -0.205. The van der Waals surface area contributed by atoms with Gasteiger partial charge in [0, 0.05) is 24.7 Å². The van der Waals surface area contributed by atoms with Crippen molar-refractivity contribution < 1.29 is 4.79 Å². The van der Waals surface area contributed by atoms with E-state index in [1.165, 1.54) is 11.1 Å². The number of aromatic nitrogens is 2. The predicted molar refractivity (Wildman–Crippen MR) is 131 cm³/mol. The van der Waals surface area contributed by atoms with Crippen molar-refractivity contribution in [2.24, 2.45) is 16.9 Å². The standard InChI is InChI=1S/C24H24Cl2N6O/c25-16-7-3-6-15(18(16)26)17-19(22(29)33)30-23(31-21(17)28)32-10-8-24(9-11-32)12-13-4-1-2-5-14(13)20(24)27/h1-7,20H,8-12,27H2,(H2,29,33)(H2,28,30,31)/t20-/m1/s1. The number of halogens is 2. The highest BCUT2D eigenvalue weighted by Gasteiger charge is 2.46. The zero-order chi connectivity index (χ0) is 23.3. The van der Waals surface area contributed by atoms with E-state index in [1.54, 1.807) is 18.2 Å². The molecule has 0 saturated carbocycles. The number of benzene rings is 2. The maximum atomic E-state index is 12.3. The van der Waals surface area contributed by atoms with E-state index >= 15 is 0 Å². The molecule has 1 fully saturated rings. The van der Waals surface area contributed by atoms with Crippen molar-refractivity contribution in [2.75, 3.05) is 23.7 Å². The van der Waals surface area contributed by atoms with Gasteiger partial charge in [0.1, 0.15) is 11.5 Å². The van der Waals surface area contributed by atoms with Crippen LogP contribution in [-0.2, 0) is 6.42 Å². The topological polar surface area (TPSA) is 124 Å². The first-order valence-electron chi connectivity index (χ1n) is 10.8. The number of piperidine rings is 1. The first-order valence-corrected chi connectivity index (χ1v) is 11.6. The number of primary amides is 1. The normalized spacial score (nSPS) is 19.0. The molecule has 7 nitrogen and oxygen atoms in total. The van der Waals surface area contributed by atoms with Crippen LogP contribution < -0.4 is 22.1 Å². The van der Waals surface area contributed by atoms with Gasteiger partial charge in [-0.1, -0.05) is 59.6 Å². The van der Waals surface area contributed by atoms with Crippen molar-refractivity contribution in [1.82, 2.24) is 9.97 Å². The van der Waals surface area contributed by atoms with Crippen molar-refractivity contribution in [3.63, 3.8) is 0 Å². The number of carbonyl (C=O) groups excluding carboxylic acids is 1. The van der Waals surface area contributed by atoms with Crippen molar-refractivity contribution in [3.05, 3.63) is 69.3 Å². The van der Waals surface area contributed by atoms with Crippen molar-refractivity contribution >= 4 is 40.9 Å². The average molecular weight is 483 g/mol. The largest absolute Gasteiger partial charge is 0.383 e. The number of carbonyl (C=O) groups is 1. The zero-order valence-electron chi connectivity index (χ0n) is 17.9. The molecule has 1 aliphatic carbocycles. The fourth-order valence-corrected chi connectivity index (χ4v) is 5.60. The Balaban J connectivity index is 1.45. The van der Waals surface area contributed by atoms with Crippen molar-refractivity contribution in [1.29, 1.82) is 0 Å². The molecule has 0 unspecified atom stereocenters. The second kappa shape index (κ2) is 8.17.